The Bertz CT molecular complexity index is 255. The lowest BCUT2D eigenvalue weighted by atomic mass is 9.66. The zero-order valence-corrected chi connectivity index (χ0v) is 14.7. The number of nitrogens with zero attached hydrogens (tertiary/aromatic N) is 1. The second-order valence-corrected chi connectivity index (χ2v) is 5.28. The molecule has 0 radical (unpaired) electrons. The molecule has 0 bridgehead atoms. The van der Waals surface area contributed by atoms with Crippen molar-refractivity contribution in [2.45, 2.75) is 52.4 Å². The fraction of sp³-hybridized carbons (Fsp3) is 0.929. The Kier molecular flexibility index (Phi) is 10.7. The van der Waals surface area contributed by atoms with Crippen molar-refractivity contribution in [2.75, 3.05) is 26.3 Å². The van der Waals surface area contributed by atoms with Crippen LogP contribution in [0.4, 0.5) is 0 Å². The molecule has 0 aromatic carbocycles. The van der Waals surface area contributed by atoms with Gasteiger partial charge in [0.2, 0.25) is 0 Å². The van der Waals surface area contributed by atoms with Gasteiger partial charge in [-0.15, -0.1) is 24.0 Å². The van der Waals surface area contributed by atoms with Gasteiger partial charge in [-0.2, -0.15) is 0 Å². The van der Waals surface area contributed by atoms with Crippen molar-refractivity contribution in [1.29, 1.82) is 0 Å². The van der Waals surface area contributed by atoms with E-state index < -0.39 is 0 Å². The van der Waals surface area contributed by atoms with Crippen LogP contribution in [0, 0.1) is 5.41 Å². The lowest BCUT2D eigenvalue weighted by Crippen LogP contribution is -2.37. The largest absolute Gasteiger partial charge is 0.382 e. The molecule has 0 amide bonds. The highest BCUT2D eigenvalue weighted by Crippen LogP contribution is 2.44. The number of rotatable bonds is 9. The van der Waals surface area contributed by atoms with Crippen LogP contribution in [-0.2, 0) is 4.74 Å². The summed E-state index contributed by atoms with van der Waals surface area (Å²) in [6.45, 7) is 7.56. The first-order valence-electron chi connectivity index (χ1n) is 7.34. The van der Waals surface area contributed by atoms with Crippen LogP contribution in [0.5, 0.6) is 0 Å². The predicted molar refractivity (Wildman–Crippen MR) is 92.2 cm³/mol. The number of aliphatic imine (C=N–C) groups is 1. The predicted octanol–water partition coefficient (Wildman–Crippen LogP) is 2.91. The highest BCUT2D eigenvalue weighted by atomic mass is 127. The molecule has 114 valence electrons. The average Bonchev–Trinajstić information content (AvgIpc) is 2.32. The summed E-state index contributed by atoms with van der Waals surface area (Å²) < 4.78 is 5.27. The summed E-state index contributed by atoms with van der Waals surface area (Å²) in [6, 6.07) is 0. The van der Waals surface area contributed by atoms with Crippen molar-refractivity contribution in [3.63, 3.8) is 0 Å². The van der Waals surface area contributed by atoms with Gasteiger partial charge in [0.25, 0.3) is 0 Å². The van der Waals surface area contributed by atoms with Crippen LogP contribution >= 0.6 is 24.0 Å². The van der Waals surface area contributed by atoms with E-state index in [1.807, 2.05) is 6.92 Å². The molecule has 1 aliphatic carbocycles. The number of guanidine groups is 1. The van der Waals surface area contributed by atoms with Gasteiger partial charge in [-0.3, -0.25) is 4.99 Å². The number of halogens is 1. The van der Waals surface area contributed by atoms with E-state index in [0.29, 0.717) is 11.4 Å². The Morgan fingerprint density at radius 3 is 2.63 bits per heavy atom. The number of ether oxygens (including phenoxy) is 1. The van der Waals surface area contributed by atoms with E-state index in [0.717, 1.165) is 32.7 Å². The molecule has 0 atom stereocenters. The Balaban J connectivity index is 0.00000324. The molecule has 1 fully saturated rings. The third-order valence-corrected chi connectivity index (χ3v) is 3.76. The van der Waals surface area contributed by atoms with Crippen molar-refractivity contribution in [2.24, 2.45) is 16.1 Å². The molecule has 19 heavy (non-hydrogen) atoms. The molecule has 0 heterocycles. The summed E-state index contributed by atoms with van der Waals surface area (Å²) in [5.74, 6) is 0.592. The van der Waals surface area contributed by atoms with Gasteiger partial charge >= 0.3 is 0 Å². The molecule has 1 saturated carbocycles. The van der Waals surface area contributed by atoms with Crippen LogP contribution in [-0.4, -0.2) is 32.3 Å². The van der Waals surface area contributed by atoms with Crippen LogP contribution in [0.15, 0.2) is 4.99 Å². The van der Waals surface area contributed by atoms with Gasteiger partial charge in [0.15, 0.2) is 5.96 Å². The highest BCUT2D eigenvalue weighted by molar-refractivity contribution is 14.0. The first-order valence-corrected chi connectivity index (χ1v) is 7.34. The number of nitrogens with one attached hydrogen (secondary N) is 1. The average molecular weight is 383 g/mol. The molecule has 1 aliphatic rings. The van der Waals surface area contributed by atoms with Crippen LogP contribution < -0.4 is 11.1 Å². The summed E-state index contributed by atoms with van der Waals surface area (Å²) in [6.07, 6.45) is 7.51. The number of nitrogens with two attached hydrogens (primary N) is 1. The summed E-state index contributed by atoms with van der Waals surface area (Å²) in [4.78, 5) is 4.50. The Morgan fingerprint density at radius 2 is 2.11 bits per heavy atom. The quantitative estimate of drug-likeness (QED) is 0.279. The third-order valence-electron chi connectivity index (χ3n) is 3.76. The Hall–Kier alpha value is -0.0400. The molecule has 3 N–H and O–H groups in total. The molecule has 1 rings (SSSR count). The smallest absolute Gasteiger partial charge is 0.188 e. The van der Waals surface area contributed by atoms with Crippen LogP contribution in [0.2, 0.25) is 0 Å². The molecule has 0 unspecified atom stereocenters. The minimum Gasteiger partial charge on any atom is -0.382 e. The molecule has 0 aromatic heterocycles. The molecular weight excluding hydrogens is 353 g/mol. The molecule has 0 saturated heterocycles. The maximum atomic E-state index is 5.87. The van der Waals surface area contributed by atoms with E-state index in [1.54, 1.807) is 0 Å². The maximum absolute atomic E-state index is 5.87. The van der Waals surface area contributed by atoms with Gasteiger partial charge in [-0.05, 0) is 38.0 Å². The monoisotopic (exact) mass is 383 g/mol. The molecule has 0 spiro atoms. The molecule has 0 aromatic rings. The summed E-state index contributed by atoms with van der Waals surface area (Å²) in [5.41, 5.74) is 6.33. The van der Waals surface area contributed by atoms with Gasteiger partial charge in [-0.1, -0.05) is 19.8 Å². The zero-order chi connectivity index (χ0) is 13.3. The first-order chi connectivity index (χ1) is 8.72. The van der Waals surface area contributed by atoms with Crippen molar-refractivity contribution in [3.8, 4) is 0 Å². The van der Waals surface area contributed by atoms with Crippen LogP contribution in [0.25, 0.3) is 0 Å². The second kappa shape index (κ2) is 10.7. The fourth-order valence-electron chi connectivity index (χ4n) is 2.54. The molecule has 5 heteroatoms. The summed E-state index contributed by atoms with van der Waals surface area (Å²) in [7, 11) is 0. The van der Waals surface area contributed by atoms with Crippen LogP contribution in [0.3, 0.4) is 0 Å². The SMILES string of the molecule is CCCC1(CN=C(N)NCCCOCC)CCC1.I. The lowest BCUT2D eigenvalue weighted by Gasteiger charge is -2.40. The normalized spacial score (nSPS) is 17.5. The van der Waals surface area contributed by atoms with Gasteiger partial charge in [0, 0.05) is 26.3 Å². The standard InChI is InChI=1S/C14H29N3O.HI/c1-3-7-14(8-5-9-14)12-17-13(15)16-10-6-11-18-4-2;/h3-12H2,1-2H3,(H3,15,16,17);1H. The van der Waals surface area contributed by atoms with Crippen molar-refractivity contribution < 1.29 is 4.74 Å². The highest BCUT2D eigenvalue weighted by Gasteiger charge is 2.35. The van der Waals surface area contributed by atoms with Gasteiger partial charge in [0.05, 0.1) is 0 Å². The zero-order valence-electron chi connectivity index (χ0n) is 12.4. The Labute approximate surface area is 135 Å². The molecular formula is C14H30IN3O. The van der Waals surface area contributed by atoms with Crippen LogP contribution in [0.1, 0.15) is 52.4 Å². The minimum atomic E-state index is 0. The number of hydrogen-bond donors (Lipinski definition) is 2. The van der Waals surface area contributed by atoms with Crippen molar-refractivity contribution >= 4 is 29.9 Å². The number of hydrogen-bond acceptors (Lipinski definition) is 2. The van der Waals surface area contributed by atoms with E-state index in [9.17, 15) is 0 Å². The lowest BCUT2D eigenvalue weighted by molar-refractivity contribution is 0.130. The summed E-state index contributed by atoms with van der Waals surface area (Å²) in [5, 5.41) is 3.15. The van der Waals surface area contributed by atoms with E-state index in [2.05, 4.69) is 17.2 Å². The van der Waals surface area contributed by atoms with Gasteiger partial charge in [-0.25, -0.2) is 0 Å². The molecule has 4 nitrogen and oxygen atoms in total. The Morgan fingerprint density at radius 1 is 1.37 bits per heavy atom. The maximum Gasteiger partial charge on any atom is 0.188 e. The van der Waals surface area contributed by atoms with E-state index in [1.165, 1.54) is 32.1 Å². The summed E-state index contributed by atoms with van der Waals surface area (Å²) >= 11 is 0. The van der Waals surface area contributed by atoms with E-state index in [-0.39, 0.29) is 24.0 Å². The molecule has 0 aliphatic heterocycles. The van der Waals surface area contributed by atoms with Crippen molar-refractivity contribution in [1.82, 2.24) is 5.32 Å². The van der Waals surface area contributed by atoms with Gasteiger partial charge < -0.3 is 15.8 Å². The third kappa shape index (κ3) is 7.34. The van der Waals surface area contributed by atoms with E-state index in [4.69, 9.17) is 10.5 Å². The van der Waals surface area contributed by atoms with Gasteiger partial charge in [0.1, 0.15) is 0 Å². The minimum absolute atomic E-state index is 0. The fourth-order valence-corrected chi connectivity index (χ4v) is 2.54. The van der Waals surface area contributed by atoms with Crippen molar-refractivity contribution in [3.05, 3.63) is 0 Å². The van der Waals surface area contributed by atoms with E-state index >= 15 is 0 Å². The first kappa shape index (κ1) is 19.0. The topological polar surface area (TPSA) is 59.6 Å². The second-order valence-electron chi connectivity index (χ2n) is 5.28.